The Morgan fingerprint density at radius 1 is 1.47 bits per heavy atom. The molecule has 1 N–H and O–H groups in total. The number of hydrogen-bond acceptors (Lipinski definition) is 4. The minimum atomic E-state index is -0.132. The van der Waals surface area contributed by atoms with Gasteiger partial charge in [0.15, 0.2) is 0 Å². The van der Waals surface area contributed by atoms with Crippen molar-refractivity contribution in [2.45, 2.75) is 6.54 Å². The molecule has 2 rings (SSSR count). The van der Waals surface area contributed by atoms with Crippen LogP contribution in [-0.4, -0.2) is 28.6 Å². The molecule has 2 aromatic rings. The molecule has 1 heterocycles. The predicted molar refractivity (Wildman–Crippen MR) is 66.9 cm³/mol. The average Bonchev–Trinajstić information content (AvgIpc) is 2.33. The number of nitrogens with one attached hydrogen (secondary N) is 1. The highest BCUT2D eigenvalue weighted by molar-refractivity contribution is 5.76. The first-order valence-corrected chi connectivity index (χ1v) is 5.36. The molecule has 0 amide bonds. The lowest BCUT2D eigenvalue weighted by Crippen LogP contribution is -2.26. The topological polar surface area (TPSA) is 59.8 Å². The number of benzene rings is 1. The van der Waals surface area contributed by atoms with E-state index in [1.165, 1.54) is 4.68 Å². The van der Waals surface area contributed by atoms with Gasteiger partial charge in [-0.15, -0.1) is 5.10 Å². The van der Waals surface area contributed by atoms with Gasteiger partial charge in [-0.25, -0.2) is 4.68 Å². The van der Waals surface area contributed by atoms with E-state index >= 15 is 0 Å². The number of fused-ring (bicyclic) bond motifs is 1. The third-order valence-electron chi connectivity index (χ3n) is 2.43. The molecule has 0 fully saturated rings. The van der Waals surface area contributed by atoms with E-state index in [1.54, 1.807) is 12.1 Å². The Bertz CT molecular complexity index is 603. The van der Waals surface area contributed by atoms with Gasteiger partial charge in [-0.1, -0.05) is 23.9 Å². The Labute approximate surface area is 98.8 Å². The van der Waals surface area contributed by atoms with Crippen LogP contribution in [0.5, 0.6) is 0 Å². The highest BCUT2D eigenvalue weighted by Gasteiger charge is 2.05. The van der Waals surface area contributed by atoms with E-state index in [1.807, 2.05) is 19.2 Å². The van der Waals surface area contributed by atoms with Gasteiger partial charge in [0, 0.05) is 6.54 Å². The van der Waals surface area contributed by atoms with E-state index in [2.05, 4.69) is 22.2 Å². The standard InChI is InChI=1S/C12H14N4O/c1-9(7-13-2)8-16-12(17)10-5-3-4-6-11(10)14-15-16/h3-6,13H,1,7-8H2,2H3. The summed E-state index contributed by atoms with van der Waals surface area (Å²) >= 11 is 0. The van der Waals surface area contributed by atoms with Crippen LogP contribution in [0.2, 0.25) is 0 Å². The smallest absolute Gasteiger partial charge is 0.277 e. The van der Waals surface area contributed by atoms with Crippen molar-refractivity contribution in [3.63, 3.8) is 0 Å². The van der Waals surface area contributed by atoms with Crippen molar-refractivity contribution in [3.8, 4) is 0 Å². The Balaban J connectivity index is 2.39. The van der Waals surface area contributed by atoms with Crippen LogP contribution >= 0.6 is 0 Å². The van der Waals surface area contributed by atoms with E-state index < -0.39 is 0 Å². The third kappa shape index (κ3) is 2.39. The predicted octanol–water partition coefficient (Wildman–Crippen LogP) is 0.567. The Hall–Kier alpha value is -2.01. The molecule has 0 aliphatic carbocycles. The number of nitrogens with zero attached hydrogens (tertiary/aromatic N) is 3. The monoisotopic (exact) mass is 230 g/mol. The van der Waals surface area contributed by atoms with Crippen molar-refractivity contribution in [1.29, 1.82) is 0 Å². The second kappa shape index (κ2) is 4.88. The Morgan fingerprint density at radius 2 is 2.24 bits per heavy atom. The summed E-state index contributed by atoms with van der Waals surface area (Å²) in [6, 6.07) is 7.18. The summed E-state index contributed by atoms with van der Waals surface area (Å²) in [6.45, 7) is 4.91. The highest BCUT2D eigenvalue weighted by atomic mass is 16.1. The van der Waals surface area contributed by atoms with Gasteiger partial charge in [0.25, 0.3) is 5.56 Å². The normalized spacial score (nSPS) is 10.6. The van der Waals surface area contributed by atoms with Crippen LogP contribution in [0.3, 0.4) is 0 Å². The van der Waals surface area contributed by atoms with E-state index in [0.717, 1.165) is 5.57 Å². The maximum Gasteiger partial charge on any atom is 0.277 e. The molecule has 0 radical (unpaired) electrons. The fraction of sp³-hybridized carbons (Fsp3) is 0.250. The van der Waals surface area contributed by atoms with Crippen LogP contribution in [0.25, 0.3) is 10.9 Å². The molecular weight excluding hydrogens is 216 g/mol. The molecule has 0 spiro atoms. The summed E-state index contributed by atoms with van der Waals surface area (Å²) in [5.74, 6) is 0. The van der Waals surface area contributed by atoms with Crippen LogP contribution in [0, 0.1) is 0 Å². The molecular formula is C12H14N4O. The quantitative estimate of drug-likeness (QED) is 0.780. The molecule has 0 unspecified atom stereocenters. The summed E-state index contributed by atoms with van der Waals surface area (Å²) in [5.41, 5.74) is 1.38. The highest BCUT2D eigenvalue weighted by Crippen LogP contribution is 2.03. The van der Waals surface area contributed by atoms with E-state index in [4.69, 9.17) is 0 Å². The van der Waals surface area contributed by atoms with Crippen molar-refractivity contribution in [1.82, 2.24) is 20.3 Å². The lowest BCUT2D eigenvalue weighted by molar-refractivity contribution is 0.584. The third-order valence-corrected chi connectivity index (χ3v) is 2.43. The summed E-state index contributed by atoms with van der Waals surface area (Å²) < 4.78 is 1.34. The van der Waals surface area contributed by atoms with E-state index in [-0.39, 0.29) is 5.56 Å². The zero-order chi connectivity index (χ0) is 12.3. The lowest BCUT2D eigenvalue weighted by Gasteiger charge is -2.06. The summed E-state index contributed by atoms with van der Waals surface area (Å²) in [6.07, 6.45) is 0. The lowest BCUT2D eigenvalue weighted by atomic mass is 10.2. The summed E-state index contributed by atoms with van der Waals surface area (Å²) in [4.78, 5) is 12.1. The maximum atomic E-state index is 12.1. The van der Waals surface area contributed by atoms with Gasteiger partial charge in [-0.05, 0) is 24.8 Å². The van der Waals surface area contributed by atoms with Crippen molar-refractivity contribution in [2.75, 3.05) is 13.6 Å². The van der Waals surface area contributed by atoms with Gasteiger partial charge in [-0.2, -0.15) is 0 Å². The van der Waals surface area contributed by atoms with Crippen LogP contribution < -0.4 is 10.9 Å². The molecule has 0 saturated carbocycles. The molecule has 0 bridgehead atoms. The number of likely N-dealkylation sites (N-methyl/N-ethyl adjacent to an activating group) is 1. The molecule has 0 atom stereocenters. The number of rotatable bonds is 4. The van der Waals surface area contributed by atoms with Crippen LogP contribution in [0.15, 0.2) is 41.2 Å². The van der Waals surface area contributed by atoms with Gasteiger partial charge in [0.2, 0.25) is 0 Å². The molecule has 1 aromatic carbocycles. The maximum absolute atomic E-state index is 12.1. The SMILES string of the molecule is C=C(CNC)Cn1nnc2ccccc2c1=O. The van der Waals surface area contributed by atoms with Crippen molar-refractivity contribution in [2.24, 2.45) is 0 Å². The van der Waals surface area contributed by atoms with Gasteiger partial charge in [0.05, 0.1) is 11.9 Å². The number of hydrogen-bond donors (Lipinski definition) is 1. The second-order valence-electron chi connectivity index (χ2n) is 3.85. The molecule has 0 aliphatic heterocycles. The minimum Gasteiger partial charge on any atom is -0.316 e. The van der Waals surface area contributed by atoms with E-state index in [0.29, 0.717) is 24.0 Å². The molecule has 88 valence electrons. The first-order valence-electron chi connectivity index (χ1n) is 5.36. The molecule has 1 aromatic heterocycles. The van der Waals surface area contributed by atoms with Crippen LogP contribution in [0.1, 0.15) is 0 Å². The molecule has 0 aliphatic rings. The van der Waals surface area contributed by atoms with Gasteiger partial charge < -0.3 is 5.32 Å². The molecule has 17 heavy (non-hydrogen) atoms. The average molecular weight is 230 g/mol. The van der Waals surface area contributed by atoms with Crippen molar-refractivity contribution in [3.05, 3.63) is 46.8 Å². The first-order chi connectivity index (χ1) is 8.22. The largest absolute Gasteiger partial charge is 0.316 e. The van der Waals surface area contributed by atoms with Gasteiger partial charge in [0.1, 0.15) is 5.52 Å². The minimum absolute atomic E-state index is 0.132. The van der Waals surface area contributed by atoms with Crippen molar-refractivity contribution >= 4 is 10.9 Å². The number of aromatic nitrogens is 3. The Kier molecular flexibility index (Phi) is 3.30. The van der Waals surface area contributed by atoms with Gasteiger partial charge >= 0.3 is 0 Å². The zero-order valence-corrected chi connectivity index (χ0v) is 9.68. The van der Waals surface area contributed by atoms with Crippen molar-refractivity contribution < 1.29 is 0 Å². The van der Waals surface area contributed by atoms with E-state index in [9.17, 15) is 4.79 Å². The fourth-order valence-electron chi connectivity index (χ4n) is 1.64. The Morgan fingerprint density at radius 3 is 3.00 bits per heavy atom. The van der Waals surface area contributed by atoms with Crippen LogP contribution in [-0.2, 0) is 6.54 Å². The zero-order valence-electron chi connectivity index (χ0n) is 9.68. The first kappa shape index (κ1) is 11.5. The molecule has 5 nitrogen and oxygen atoms in total. The second-order valence-corrected chi connectivity index (χ2v) is 3.85. The van der Waals surface area contributed by atoms with Crippen LogP contribution in [0.4, 0.5) is 0 Å². The molecule has 0 saturated heterocycles. The summed E-state index contributed by atoms with van der Waals surface area (Å²) in [7, 11) is 1.83. The molecule has 5 heteroatoms. The van der Waals surface area contributed by atoms with Gasteiger partial charge in [-0.3, -0.25) is 4.79 Å². The fourth-order valence-corrected chi connectivity index (χ4v) is 1.64. The summed E-state index contributed by atoms with van der Waals surface area (Å²) in [5, 5.41) is 11.5.